The van der Waals surface area contributed by atoms with Crippen LogP contribution in [0.3, 0.4) is 0 Å². The standard InChI is InChI=1S/C18H24N4O/c1-23-17-9-8-13(11-19-17)12-22-10-4-7-16(22)18-20-14-5-2-3-6-15(14)21-18/h8-9,11,16H,2-7,10,12H2,1H3,(H,20,21)/t16-/m0/s1. The summed E-state index contributed by atoms with van der Waals surface area (Å²) in [7, 11) is 1.65. The molecular formula is C18H24N4O. The van der Waals surface area contributed by atoms with Crippen LogP contribution >= 0.6 is 0 Å². The molecule has 4 rings (SSSR count). The van der Waals surface area contributed by atoms with Crippen LogP contribution in [-0.4, -0.2) is 33.5 Å². The van der Waals surface area contributed by atoms with Gasteiger partial charge < -0.3 is 9.72 Å². The van der Waals surface area contributed by atoms with E-state index in [2.05, 4.69) is 20.9 Å². The van der Waals surface area contributed by atoms with Crippen molar-refractivity contribution in [3.63, 3.8) is 0 Å². The predicted molar refractivity (Wildman–Crippen MR) is 88.4 cm³/mol. The lowest BCUT2D eigenvalue weighted by Gasteiger charge is -2.22. The van der Waals surface area contributed by atoms with Crippen LogP contribution in [0.4, 0.5) is 0 Å². The molecule has 1 aliphatic carbocycles. The van der Waals surface area contributed by atoms with E-state index in [1.807, 2.05) is 12.3 Å². The van der Waals surface area contributed by atoms with E-state index in [9.17, 15) is 0 Å². The molecule has 0 spiro atoms. The lowest BCUT2D eigenvalue weighted by Crippen LogP contribution is -2.23. The molecule has 0 radical (unpaired) electrons. The number of imidazole rings is 1. The third kappa shape index (κ3) is 2.98. The second-order valence-electron chi connectivity index (χ2n) is 6.59. The van der Waals surface area contributed by atoms with E-state index in [1.54, 1.807) is 7.11 Å². The number of aryl methyl sites for hydroxylation is 2. The highest BCUT2D eigenvalue weighted by Gasteiger charge is 2.29. The molecule has 3 heterocycles. The normalized spacial score (nSPS) is 21.3. The van der Waals surface area contributed by atoms with Gasteiger partial charge in [0.15, 0.2) is 0 Å². The Morgan fingerprint density at radius 3 is 2.96 bits per heavy atom. The van der Waals surface area contributed by atoms with E-state index in [0.29, 0.717) is 11.9 Å². The lowest BCUT2D eigenvalue weighted by molar-refractivity contribution is 0.240. The van der Waals surface area contributed by atoms with Crippen molar-refractivity contribution < 1.29 is 4.74 Å². The summed E-state index contributed by atoms with van der Waals surface area (Å²) in [6, 6.07) is 4.46. The molecule has 5 heteroatoms. The zero-order valence-electron chi connectivity index (χ0n) is 13.7. The number of pyridine rings is 1. The SMILES string of the molecule is COc1ccc(CN2CCC[C@H]2c2nc3c([nH]2)CCCC3)cn1. The van der Waals surface area contributed by atoms with Crippen molar-refractivity contribution in [2.75, 3.05) is 13.7 Å². The second kappa shape index (κ2) is 6.32. The summed E-state index contributed by atoms with van der Waals surface area (Å²) in [5, 5.41) is 0. The number of fused-ring (bicyclic) bond motifs is 1. The van der Waals surface area contributed by atoms with E-state index in [0.717, 1.165) is 25.9 Å². The van der Waals surface area contributed by atoms with Gasteiger partial charge >= 0.3 is 0 Å². The van der Waals surface area contributed by atoms with E-state index < -0.39 is 0 Å². The van der Waals surface area contributed by atoms with Gasteiger partial charge in [-0.15, -0.1) is 0 Å². The number of likely N-dealkylation sites (tertiary alicyclic amines) is 1. The number of hydrogen-bond acceptors (Lipinski definition) is 4. The van der Waals surface area contributed by atoms with Gasteiger partial charge in [-0.3, -0.25) is 4.90 Å². The lowest BCUT2D eigenvalue weighted by atomic mass is 10.0. The van der Waals surface area contributed by atoms with Crippen LogP contribution in [0.2, 0.25) is 0 Å². The van der Waals surface area contributed by atoms with Crippen molar-refractivity contribution in [3.8, 4) is 5.88 Å². The number of hydrogen-bond donors (Lipinski definition) is 1. The molecule has 1 aliphatic heterocycles. The molecule has 2 aromatic heterocycles. The molecular weight excluding hydrogens is 288 g/mol. The average Bonchev–Trinajstić information content (AvgIpc) is 3.21. The maximum atomic E-state index is 5.14. The minimum absolute atomic E-state index is 0.419. The van der Waals surface area contributed by atoms with Crippen molar-refractivity contribution in [1.82, 2.24) is 19.9 Å². The van der Waals surface area contributed by atoms with E-state index >= 15 is 0 Å². The van der Waals surface area contributed by atoms with Gasteiger partial charge in [0.05, 0.1) is 18.8 Å². The first-order valence-corrected chi connectivity index (χ1v) is 8.64. The summed E-state index contributed by atoms with van der Waals surface area (Å²) < 4.78 is 5.14. The van der Waals surface area contributed by atoms with Gasteiger partial charge in [-0.2, -0.15) is 0 Å². The molecule has 1 N–H and O–H groups in total. The molecule has 5 nitrogen and oxygen atoms in total. The first-order chi connectivity index (χ1) is 11.3. The molecule has 0 aromatic carbocycles. The quantitative estimate of drug-likeness (QED) is 0.943. The highest BCUT2D eigenvalue weighted by Crippen LogP contribution is 2.33. The first kappa shape index (κ1) is 14.7. The van der Waals surface area contributed by atoms with Gasteiger partial charge in [0.1, 0.15) is 5.82 Å². The highest BCUT2D eigenvalue weighted by atomic mass is 16.5. The van der Waals surface area contributed by atoms with Crippen LogP contribution in [0.1, 0.15) is 54.5 Å². The van der Waals surface area contributed by atoms with Crippen molar-refractivity contribution in [2.24, 2.45) is 0 Å². The fraction of sp³-hybridized carbons (Fsp3) is 0.556. The number of nitrogens with zero attached hydrogens (tertiary/aromatic N) is 3. The number of ether oxygens (including phenoxy) is 1. The van der Waals surface area contributed by atoms with Gasteiger partial charge in [-0.25, -0.2) is 9.97 Å². The van der Waals surface area contributed by atoms with Crippen molar-refractivity contribution in [2.45, 2.75) is 51.1 Å². The summed E-state index contributed by atoms with van der Waals surface area (Å²) in [5.74, 6) is 1.85. The van der Waals surface area contributed by atoms with Crippen LogP contribution in [0.25, 0.3) is 0 Å². The van der Waals surface area contributed by atoms with Crippen molar-refractivity contribution >= 4 is 0 Å². The van der Waals surface area contributed by atoms with Gasteiger partial charge in [0, 0.05) is 24.5 Å². The maximum Gasteiger partial charge on any atom is 0.212 e. The predicted octanol–water partition coefficient (Wildman–Crippen LogP) is 3.03. The zero-order valence-corrected chi connectivity index (χ0v) is 13.7. The minimum atomic E-state index is 0.419. The van der Waals surface area contributed by atoms with Crippen LogP contribution in [-0.2, 0) is 19.4 Å². The number of methoxy groups -OCH3 is 1. The Kier molecular flexibility index (Phi) is 4.04. The Bertz CT molecular complexity index is 641. The van der Waals surface area contributed by atoms with Crippen LogP contribution in [0.15, 0.2) is 18.3 Å². The molecule has 2 aromatic rings. The molecule has 1 fully saturated rings. The molecule has 0 amide bonds. The Hall–Kier alpha value is -1.88. The third-order valence-electron chi connectivity index (χ3n) is 5.04. The Morgan fingerprint density at radius 1 is 1.26 bits per heavy atom. The third-order valence-corrected chi connectivity index (χ3v) is 5.04. The van der Waals surface area contributed by atoms with Gasteiger partial charge in [0.2, 0.25) is 5.88 Å². The molecule has 23 heavy (non-hydrogen) atoms. The summed E-state index contributed by atoms with van der Waals surface area (Å²) in [4.78, 5) is 15.4. The fourth-order valence-electron chi connectivity index (χ4n) is 3.82. The number of nitrogens with one attached hydrogen (secondary N) is 1. The summed E-state index contributed by atoms with van der Waals surface area (Å²) in [6.07, 6.45) is 9.22. The smallest absolute Gasteiger partial charge is 0.212 e. The van der Waals surface area contributed by atoms with Gasteiger partial charge in [-0.05, 0) is 50.6 Å². The monoisotopic (exact) mass is 312 g/mol. The second-order valence-corrected chi connectivity index (χ2v) is 6.59. The highest BCUT2D eigenvalue weighted by molar-refractivity contribution is 5.21. The molecule has 0 bridgehead atoms. The molecule has 122 valence electrons. The summed E-state index contributed by atoms with van der Waals surface area (Å²) in [6.45, 7) is 2.05. The van der Waals surface area contributed by atoms with Crippen molar-refractivity contribution in [1.29, 1.82) is 0 Å². The van der Waals surface area contributed by atoms with Gasteiger partial charge in [-0.1, -0.05) is 6.07 Å². The Labute approximate surface area is 137 Å². The molecule has 1 atom stereocenters. The van der Waals surface area contributed by atoms with E-state index in [4.69, 9.17) is 9.72 Å². The molecule has 0 unspecified atom stereocenters. The molecule has 2 aliphatic rings. The molecule has 0 saturated carbocycles. The fourth-order valence-corrected chi connectivity index (χ4v) is 3.82. The zero-order chi connectivity index (χ0) is 15.6. The number of aromatic nitrogens is 3. The molecule has 1 saturated heterocycles. The van der Waals surface area contributed by atoms with Gasteiger partial charge in [0.25, 0.3) is 0 Å². The average molecular weight is 312 g/mol. The first-order valence-electron chi connectivity index (χ1n) is 8.64. The summed E-state index contributed by atoms with van der Waals surface area (Å²) in [5.41, 5.74) is 3.92. The number of H-pyrrole nitrogens is 1. The van der Waals surface area contributed by atoms with Crippen LogP contribution in [0, 0.1) is 0 Å². The number of rotatable bonds is 4. The van der Waals surface area contributed by atoms with E-state index in [-0.39, 0.29) is 0 Å². The minimum Gasteiger partial charge on any atom is -0.481 e. The Morgan fingerprint density at radius 2 is 2.17 bits per heavy atom. The summed E-state index contributed by atoms with van der Waals surface area (Å²) >= 11 is 0. The van der Waals surface area contributed by atoms with E-state index in [1.165, 1.54) is 48.5 Å². The van der Waals surface area contributed by atoms with Crippen LogP contribution in [0.5, 0.6) is 5.88 Å². The largest absolute Gasteiger partial charge is 0.481 e. The maximum absolute atomic E-state index is 5.14. The number of aromatic amines is 1. The Balaban J connectivity index is 1.50. The van der Waals surface area contributed by atoms with Crippen LogP contribution < -0.4 is 4.74 Å². The van der Waals surface area contributed by atoms with Crippen molar-refractivity contribution in [3.05, 3.63) is 41.1 Å². The topological polar surface area (TPSA) is 54.0 Å².